The van der Waals surface area contributed by atoms with Gasteiger partial charge in [0, 0.05) is 30.4 Å². The molecule has 5 nitrogen and oxygen atoms in total. The fourth-order valence-corrected chi connectivity index (χ4v) is 3.07. The standard InChI is InChI=1S/C20H21FN2O3/c1-3-26-18-6-4-5-17(13-18)23-12-11-22(14(2)19(23)24)20(25)15-7-9-16(21)10-8-15/h4-10,13-14H,3,11-12H2,1-2H3. The molecule has 3 rings (SSSR count). The average Bonchev–Trinajstić information content (AvgIpc) is 2.64. The lowest BCUT2D eigenvalue weighted by Crippen LogP contribution is -2.57. The Bertz CT molecular complexity index is 807. The first-order valence-corrected chi connectivity index (χ1v) is 8.62. The van der Waals surface area contributed by atoms with Gasteiger partial charge >= 0.3 is 0 Å². The molecule has 2 aromatic carbocycles. The molecule has 1 fully saturated rings. The van der Waals surface area contributed by atoms with Crippen molar-refractivity contribution < 1.29 is 18.7 Å². The summed E-state index contributed by atoms with van der Waals surface area (Å²) in [6, 6.07) is 12.1. The summed E-state index contributed by atoms with van der Waals surface area (Å²) in [4.78, 5) is 28.7. The summed E-state index contributed by atoms with van der Waals surface area (Å²) < 4.78 is 18.6. The van der Waals surface area contributed by atoms with Crippen LogP contribution in [-0.4, -0.2) is 42.5 Å². The molecular weight excluding hydrogens is 335 g/mol. The summed E-state index contributed by atoms with van der Waals surface area (Å²) in [5.41, 5.74) is 1.12. The first-order chi connectivity index (χ1) is 12.5. The largest absolute Gasteiger partial charge is 0.494 e. The number of amides is 2. The highest BCUT2D eigenvalue weighted by molar-refractivity contribution is 6.03. The van der Waals surface area contributed by atoms with E-state index in [-0.39, 0.29) is 11.8 Å². The Morgan fingerprint density at radius 3 is 2.62 bits per heavy atom. The summed E-state index contributed by atoms with van der Waals surface area (Å²) in [7, 11) is 0. The number of carbonyl (C=O) groups is 2. The molecule has 1 heterocycles. The summed E-state index contributed by atoms with van der Waals surface area (Å²) in [6.07, 6.45) is 0. The van der Waals surface area contributed by atoms with Crippen molar-refractivity contribution in [3.63, 3.8) is 0 Å². The topological polar surface area (TPSA) is 49.9 Å². The van der Waals surface area contributed by atoms with Crippen molar-refractivity contribution in [3.8, 4) is 5.75 Å². The summed E-state index contributed by atoms with van der Waals surface area (Å²) in [5, 5.41) is 0. The zero-order valence-electron chi connectivity index (χ0n) is 14.8. The normalized spacial score (nSPS) is 17.3. The van der Waals surface area contributed by atoms with E-state index < -0.39 is 11.9 Å². The van der Waals surface area contributed by atoms with Gasteiger partial charge < -0.3 is 14.5 Å². The lowest BCUT2D eigenvalue weighted by molar-refractivity contribution is -0.124. The molecule has 1 aliphatic heterocycles. The predicted molar refractivity (Wildman–Crippen MR) is 96.9 cm³/mol. The molecule has 0 bridgehead atoms. The van der Waals surface area contributed by atoms with E-state index >= 15 is 0 Å². The van der Waals surface area contributed by atoms with Crippen LogP contribution < -0.4 is 9.64 Å². The monoisotopic (exact) mass is 356 g/mol. The number of nitrogens with zero attached hydrogens (tertiary/aromatic N) is 2. The zero-order chi connectivity index (χ0) is 18.7. The van der Waals surface area contributed by atoms with E-state index in [0.29, 0.717) is 31.0 Å². The van der Waals surface area contributed by atoms with Gasteiger partial charge in [-0.1, -0.05) is 6.07 Å². The molecule has 1 atom stereocenters. The number of benzene rings is 2. The average molecular weight is 356 g/mol. The lowest BCUT2D eigenvalue weighted by atomic mass is 10.1. The molecule has 0 aliphatic carbocycles. The van der Waals surface area contributed by atoms with Crippen LogP contribution in [0.4, 0.5) is 10.1 Å². The van der Waals surface area contributed by atoms with E-state index in [1.807, 2.05) is 31.2 Å². The Kier molecular flexibility index (Phi) is 5.21. The van der Waals surface area contributed by atoms with Gasteiger partial charge in [-0.3, -0.25) is 9.59 Å². The maximum atomic E-state index is 13.1. The van der Waals surface area contributed by atoms with E-state index in [2.05, 4.69) is 0 Å². The molecule has 2 aromatic rings. The third kappa shape index (κ3) is 3.54. The van der Waals surface area contributed by atoms with Gasteiger partial charge in [0.05, 0.1) is 6.61 Å². The summed E-state index contributed by atoms with van der Waals surface area (Å²) in [6.45, 7) is 4.96. The number of hydrogen-bond donors (Lipinski definition) is 0. The van der Waals surface area contributed by atoms with Crippen LogP contribution in [0.3, 0.4) is 0 Å². The van der Waals surface area contributed by atoms with Gasteiger partial charge in [-0.05, 0) is 50.2 Å². The fourth-order valence-electron chi connectivity index (χ4n) is 3.07. The van der Waals surface area contributed by atoms with Crippen molar-refractivity contribution in [2.75, 3.05) is 24.6 Å². The molecule has 0 saturated carbocycles. The van der Waals surface area contributed by atoms with E-state index in [1.165, 1.54) is 29.2 Å². The van der Waals surface area contributed by atoms with Crippen LogP contribution in [0.2, 0.25) is 0 Å². The summed E-state index contributed by atoms with van der Waals surface area (Å²) in [5.74, 6) is -0.117. The number of piperazine rings is 1. The number of rotatable bonds is 4. The van der Waals surface area contributed by atoms with E-state index in [9.17, 15) is 14.0 Å². The minimum absolute atomic E-state index is 0.152. The molecule has 6 heteroatoms. The van der Waals surface area contributed by atoms with Gasteiger partial charge in [0.15, 0.2) is 0 Å². The maximum Gasteiger partial charge on any atom is 0.254 e. The van der Waals surface area contributed by atoms with Crippen molar-refractivity contribution in [2.24, 2.45) is 0 Å². The van der Waals surface area contributed by atoms with Gasteiger partial charge in [0.1, 0.15) is 17.6 Å². The van der Waals surface area contributed by atoms with Crippen molar-refractivity contribution in [2.45, 2.75) is 19.9 Å². The molecule has 0 aromatic heterocycles. The van der Waals surface area contributed by atoms with Gasteiger partial charge in [0.2, 0.25) is 5.91 Å². The van der Waals surface area contributed by atoms with Crippen LogP contribution in [0, 0.1) is 5.82 Å². The maximum absolute atomic E-state index is 13.1. The van der Waals surface area contributed by atoms with Gasteiger partial charge in [-0.25, -0.2) is 4.39 Å². The molecule has 0 radical (unpaired) electrons. The summed E-state index contributed by atoms with van der Waals surface area (Å²) >= 11 is 0. The number of anilines is 1. The second-order valence-electron chi connectivity index (χ2n) is 6.10. The first-order valence-electron chi connectivity index (χ1n) is 8.62. The molecule has 0 N–H and O–H groups in total. The van der Waals surface area contributed by atoms with E-state index in [1.54, 1.807) is 11.8 Å². The molecule has 1 saturated heterocycles. The molecule has 2 amide bonds. The van der Waals surface area contributed by atoms with Crippen molar-refractivity contribution in [3.05, 3.63) is 59.9 Å². The fraction of sp³-hybridized carbons (Fsp3) is 0.300. The van der Waals surface area contributed by atoms with Crippen LogP contribution >= 0.6 is 0 Å². The van der Waals surface area contributed by atoms with Crippen molar-refractivity contribution in [1.82, 2.24) is 4.90 Å². The Labute approximate surface area is 152 Å². The second kappa shape index (κ2) is 7.56. The number of ether oxygens (including phenoxy) is 1. The number of halogens is 1. The quantitative estimate of drug-likeness (QED) is 0.846. The van der Waals surface area contributed by atoms with Gasteiger partial charge in [0.25, 0.3) is 5.91 Å². The number of carbonyl (C=O) groups excluding carboxylic acids is 2. The van der Waals surface area contributed by atoms with Crippen LogP contribution in [0.15, 0.2) is 48.5 Å². The van der Waals surface area contributed by atoms with Crippen LogP contribution in [-0.2, 0) is 4.79 Å². The molecule has 136 valence electrons. The molecule has 26 heavy (non-hydrogen) atoms. The van der Waals surface area contributed by atoms with Crippen molar-refractivity contribution >= 4 is 17.5 Å². The number of hydrogen-bond acceptors (Lipinski definition) is 3. The van der Waals surface area contributed by atoms with Crippen molar-refractivity contribution in [1.29, 1.82) is 0 Å². The zero-order valence-corrected chi connectivity index (χ0v) is 14.8. The third-order valence-electron chi connectivity index (χ3n) is 4.45. The minimum Gasteiger partial charge on any atom is -0.494 e. The highest BCUT2D eigenvalue weighted by atomic mass is 19.1. The SMILES string of the molecule is CCOc1cccc(N2CCN(C(=O)c3ccc(F)cc3)C(C)C2=O)c1. The predicted octanol–water partition coefficient (Wildman–Crippen LogP) is 3.10. The third-order valence-corrected chi connectivity index (χ3v) is 4.45. The highest BCUT2D eigenvalue weighted by Crippen LogP contribution is 2.25. The molecule has 1 unspecified atom stereocenters. The Morgan fingerprint density at radius 2 is 1.92 bits per heavy atom. The Balaban J connectivity index is 1.77. The minimum atomic E-state index is -0.600. The van der Waals surface area contributed by atoms with E-state index in [4.69, 9.17) is 4.74 Å². The molecule has 1 aliphatic rings. The van der Waals surface area contributed by atoms with Crippen LogP contribution in [0.25, 0.3) is 0 Å². The molecule has 0 spiro atoms. The lowest BCUT2D eigenvalue weighted by Gasteiger charge is -2.39. The highest BCUT2D eigenvalue weighted by Gasteiger charge is 2.35. The Hall–Kier alpha value is -2.89. The van der Waals surface area contributed by atoms with Crippen LogP contribution in [0.5, 0.6) is 5.75 Å². The Morgan fingerprint density at radius 1 is 1.19 bits per heavy atom. The van der Waals surface area contributed by atoms with Gasteiger partial charge in [-0.15, -0.1) is 0 Å². The van der Waals surface area contributed by atoms with Gasteiger partial charge in [-0.2, -0.15) is 0 Å². The van der Waals surface area contributed by atoms with E-state index in [0.717, 1.165) is 5.69 Å². The molecular formula is C20H21FN2O3. The smallest absolute Gasteiger partial charge is 0.254 e. The van der Waals surface area contributed by atoms with Crippen LogP contribution in [0.1, 0.15) is 24.2 Å². The first kappa shape index (κ1) is 17.9. The second-order valence-corrected chi connectivity index (χ2v) is 6.10.